The van der Waals surface area contributed by atoms with E-state index in [9.17, 15) is 0 Å². The first-order chi connectivity index (χ1) is 10.2. The Bertz CT molecular complexity index is 665. The highest BCUT2D eigenvalue weighted by molar-refractivity contribution is 5.47. The van der Waals surface area contributed by atoms with Crippen LogP contribution in [0.25, 0.3) is 0 Å². The number of rotatable bonds is 5. The maximum Gasteiger partial charge on any atom is 0.161 e. The van der Waals surface area contributed by atoms with Crippen molar-refractivity contribution in [1.29, 1.82) is 5.26 Å². The van der Waals surface area contributed by atoms with Gasteiger partial charge >= 0.3 is 0 Å². The third kappa shape index (κ3) is 3.42. The number of hydrogen-bond donors (Lipinski definition) is 1. The molecule has 1 atom stereocenters. The van der Waals surface area contributed by atoms with Crippen LogP contribution in [-0.2, 0) is 0 Å². The Kier molecular flexibility index (Phi) is 4.62. The minimum Gasteiger partial charge on any atom is -0.493 e. The summed E-state index contributed by atoms with van der Waals surface area (Å²) in [6.07, 6.45) is 1.61. The van der Waals surface area contributed by atoms with Gasteiger partial charge in [0, 0.05) is 6.20 Å². The fourth-order valence-electron chi connectivity index (χ4n) is 2.01. The van der Waals surface area contributed by atoms with Gasteiger partial charge in [0.25, 0.3) is 0 Å². The Morgan fingerprint density at radius 3 is 2.57 bits per heavy atom. The molecule has 1 aromatic carbocycles. The van der Waals surface area contributed by atoms with Crippen molar-refractivity contribution in [2.75, 3.05) is 19.5 Å². The molecule has 2 aromatic rings. The molecule has 21 heavy (non-hydrogen) atoms. The maximum atomic E-state index is 8.90. The molecule has 2 rings (SSSR count). The predicted octanol–water partition coefficient (Wildman–Crippen LogP) is 3.14. The molecule has 0 radical (unpaired) electrons. The molecule has 0 saturated carbocycles. The second-order valence-electron chi connectivity index (χ2n) is 4.52. The van der Waals surface area contributed by atoms with Gasteiger partial charge in [0.2, 0.25) is 0 Å². The summed E-state index contributed by atoms with van der Waals surface area (Å²) in [7, 11) is 3.22. The summed E-state index contributed by atoms with van der Waals surface area (Å²) < 4.78 is 10.5. The first-order valence-electron chi connectivity index (χ1n) is 6.52. The number of hydrogen-bond acceptors (Lipinski definition) is 5. The van der Waals surface area contributed by atoms with Gasteiger partial charge in [-0.2, -0.15) is 5.26 Å². The monoisotopic (exact) mass is 283 g/mol. The Morgan fingerprint density at radius 2 is 1.90 bits per heavy atom. The molecular weight excluding hydrogens is 266 g/mol. The maximum absolute atomic E-state index is 8.90. The van der Waals surface area contributed by atoms with Gasteiger partial charge in [-0.1, -0.05) is 6.07 Å². The fraction of sp³-hybridized carbons (Fsp3) is 0.250. The van der Waals surface area contributed by atoms with Crippen LogP contribution in [0.4, 0.5) is 5.82 Å². The van der Waals surface area contributed by atoms with Crippen molar-refractivity contribution in [3.8, 4) is 17.6 Å². The van der Waals surface area contributed by atoms with E-state index in [-0.39, 0.29) is 6.04 Å². The van der Waals surface area contributed by atoms with Gasteiger partial charge in [0.15, 0.2) is 11.5 Å². The number of aromatic nitrogens is 1. The molecule has 1 unspecified atom stereocenters. The van der Waals surface area contributed by atoms with Crippen molar-refractivity contribution in [3.05, 3.63) is 47.7 Å². The van der Waals surface area contributed by atoms with Crippen LogP contribution in [0.15, 0.2) is 36.5 Å². The molecule has 5 heteroatoms. The molecule has 0 fully saturated rings. The molecule has 5 nitrogen and oxygen atoms in total. The normalized spacial score (nSPS) is 11.3. The van der Waals surface area contributed by atoms with Crippen LogP contribution in [0.1, 0.15) is 24.1 Å². The van der Waals surface area contributed by atoms with Gasteiger partial charge in [-0.3, -0.25) is 0 Å². The number of pyridine rings is 1. The van der Waals surface area contributed by atoms with E-state index < -0.39 is 0 Å². The standard InChI is InChI=1S/C16H17N3O2/c1-11(19-16-8-12(10-17)6-7-18-16)13-4-5-14(20-2)15(9-13)21-3/h4-9,11H,1-3H3,(H,18,19). The first-order valence-corrected chi connectivity index (χ1v) is 6.52. The number of methoxy groups -OCH3 is 2. The highest BCUT2D eigenvalue weighted by atomic mass is 16.5. The topological polar surface area (TPSA) is 67.2 Å². The number of nitrogens with zero attached hydrogens (tertiary/aromatic N) is 2. The molecule has 0 amide bonds. The minimum absolute atomic E-state index is 0.0197. The van der Waals surface area contributed by atoms with E-state index in [0.717, 1.165) is 5.56 Å². The molecule has 0 bridgehead atoms. The Labute approximate surface area is 124 Å². The van der Waals surface area contributed by atoms with E-state index in [1.54, 1.807) is 32.5 Å². The molecule has 0 aliphatic carbocycles. The highest BCUT2D eigenvalue weighted by Crippen LogP contribution is 2.30. The Hall–Kier alpha value is -2.74. The number of nitrogens with one attached hydrogen (secondary N) is 1. The van der Waals surface area contributed by atoms with E-state index in [1.165, 1.54) is 0 Å². The zero-order valence-electron chi connectivity index (χ0n) is 12.3. The van der Waals surface area contributed by atoms with Crippen LogP contribution in [0.5, 0.6) is 11.5 Å². The van der Waals surface area contributed by atoms with Crippen molar-refractivity contribution < 1.29 is 9.47 Å². The third-order valence-electron chi connectivity index (χ3n) is 3.16. The van der Waals surface area contributed by atoms with Gasteiger partial charge in [0.1, 0.15) is 5.82 Å². The van der Waals surface area contributed by atoms with Crippen molar-refractivity contribution in [2.45, 2.75) is 13.0 Å². The van der Waals surface area contributed by atoms with Crippen LogP contribution in [-0.4, -0.2) is 19.2 Å². The smallest absolute Gasteiger partial charge is 0.161 e. The fourth-order valence-corrected chi connectivity index (χ4v) is 2.01. The zero-order valence-corrected chi connectivity index (χ0v) is 12.3. The van der Waals surface area contributed by atoms with Crippen molar-refractivity contribution in [1.82, 2.24) is 4.98 Å². The Balaban J connectivity index is 2.20. The number of anilines is 1. The summed E-state index contributed by atoms with van der Waals surface area (Å²) in [4.78, 5) is 4.21. The summed E-state index contributed by atoms with van der Waals surface area (Å²) in [6.45, 7) is 2.02. The molecule has 1 aromatic heterocycles. The quantitative estimate of drug-likeness (QED) is 0.913. The molecule has 0 aliphatic rings. The third-order valence-corrected chi connectivity index (χ3v) is 3.16. The summed E-state index contributed by atoms with van der Waals surface area (Å²) in [5, 5.41) is 12.2. The second-order valence-corrected chi connectivity index (χ2v) is 4.52. The van der Waals surface area contributed by atoms with Crippen LogP contribution in [0.3, 0.4) is 0 Å². The second kappa shape index (κ2) is 6.62. The minimum atomic E-state index is 0.0197. The van der Waals surface area contributed by atoms with E-state index in [4.69, 9.17) is 14.7 Å². The molecule has 1 heterocycles. The van der Waals surface area contributed by atoms with Crippen LogP contribution in [0, 0.1) is 11.3 Å². The molecule has 0 saturated heterocycles. The average molecular weight is 283 g/mol. The van der Waals surface area contributed by atoms with Crippen LogP contribution in [0.2, 0.25) is 0 Å². The molecule has 0 aliphatic heterocycles. The zero-order chi connectivity index (χ0) is 15.2. The van der Waals surface area contributed by atoms with Crippen LogP contribution < -0.4 is 14.8 Å². The van der Waals surface area contributed by atoms with Gasteiger partial charge in [-0.05, 0) is 36.8 Å². The van der Waals surface area contributed by atoms with Gasteiger partial charge in [-0.15, -0.1) is 0 Å². The van der Waals surface area contributed by atoms with Crippen molar-refractivity contribution in [2.24, 2.45) is 0 Å². The van der Waals surface area contributed by atoms with E-state index in [2.05, 4.69) is 16.4 Å². The average Bonchev–Trinajstić information content (AvgIpc) is 2.54. The summed E-state index contributed by atoms with van der Waals surface area (Å²) in [5.74, 6) is 2.04. The molecule has 1 N–H and O–H groups in total. The number of benzene rings is 1. The Morgan fingerprint density at radius 1 is 1.14 bits per heavy atom. The molecule has 108 valence electrons. The van der Waals surface area contributed by atoms with Crippen LogP contribution >= 0.6 is 0 Å². The lowest BCUT2D eigenvalue weighted by atomic mass is 10.1. The lowest BCUT2D eigenvalue weighted by Crippen LogP contribution is -2.08. The summed E-state index contributed by atoms with van der Waals surface area (Å²) >= 11 is 0. The first kappa shape index (κ1) is 14.7. The van der Waals surface area contributed by atoms with Gasteiger partial charge in [0.05, 0.1) is 31.9 Å². The van der Waals surface area contributed by atoms with Crippen molar-refractivity contribution in [3.63, 3.8) is 0 Å². The van der Waals surface area contributed by atoms with E-state index >= 15 is 0 Å². The number of ether oxygens (including phenoxy) is 2. The van der Waals surface area contributed by atoms with Gasteiger partial charge in [-0.25, -0.2) is 4.98 Å². The summed E-state index contributed by atoms with van der Waals surface area (Å²) in [6, 6.07) is 11.3. The lowest BCUT2D eigenvalue weighted by molar-refractivity contribution is 0.354. The molecule has 0 spiro atoms. The predicted molar refractivity (Wildman–Crippen MR) is 80.5 cm³/mol. The SMILES string of the molecule is COc1ccc(C(C)Nc2cc(C#N)ccn2)cc1OC. The highest BCUT2D eigenvalue weighted by Gasteiger charge is 2.10. The summed E-state index contributed by atoms with van der Waals surface area (Å²) in [5.41, 5.74) is 1.61. The number of nitriles is 1. The lowest BCUT2D eigenvalue weighted by Gasteiger charge is -2.17. The largest absolute Gasteiger partial charge is 0.493 e. The molecular formula is C16H17N3O2. The van der Waals surface area contributed by atoms with E-state index in [1.807, 2.05) is 25.1 Å². The van der Waals surface area contributed by atoms with E-state index in [0.29, 0.717) is 22.9 Å². The van der Waals surface area contributed by atoms with Crippen molar-refractivity contribution >= 4 is 5.82 Å². The van der Waals surface area contributed by atoms with Gasteiger partial charge < -0.3 is 14.8 Å².